The molecule has 2 N–H and O–H groups in total. The molecule has 1 saturated heterocycles. The molecule has 1 aliphatic rings. The van der Waals surface area contributed by atoms with E-state index in [2.05, 4.69) is 0 Å². The lowest BCUT2D eigenvalue weighted by molar-refractivity contribution is -0.138. The summed E-state index contributed by atoms with van der Waals surface area (Å²) in [5.74, 6) is -1.37. The molecule has 0 amide bonds. The lowest BCUT2D eigenvalue weighted by atomic mass is 10.1. The summed E-state index contributed by atoms with van der Waals surface area (Å²) in [5, 5.41) is 27.1. The Morgan fingerprint density at radius 1 is 1.32 bits per heavy atom. The van der Waals surface area contributed by atoms with Crippen LogP contribution in [0, 0.1) is 16.7 Å². The van der Waals surface area contributed by atoms with Crippen molar-refractivity contribution < 1.29 is 19.4 Å². The minimum absolute atomic E-state index is 0.0174. The molecule has 1 fully saturated rings. The van der Waals surface area contributed by atoms with Gasteiger partial charge in [-0.2, -0.15) is 5.26 Å². The van der Waals surface area contributed by atoms with Gasteiger partial charge >= 0.3 is 5.97 Å². The van der Waals surface area contributed by atoms with E-state index in [4.69, 9.17) is 14.9 Å². The predicted octanol–water partition coefficient (Wildman–Crippen LogP) is 1.88. The van der Waals surface area contributed by atoms with Gasteiger partial charge in [0.1, 0.15) is 17.5 Å². The monoisotopic (exact) mass is 307 g/mol. The van der Waals surface area contributed by atoms with Gasteiger partial charge in [0.25, 0.3) is 5.95 Å². The van der Waals surface area contributed by atoms with Crippen molar-refractivity contribution in [1.29, 1.82) is 10.7 Å². The van der Waals surface area contributed by atoms with Crippen LogP contribution in [-0.2, 0) is 14.3 Å². The average molecular weight is 307 g/mol. The van der Waals surface area contributed by atoms with Crippen LogP contribution in [0.1, 0.15) is 26.7 Å². The summed E-state index contributed by atoms with van der Waals surface area (Å²) in [6.07, 6.45) is 3.07. The number of carbonyl (C=O) groups is 1. The van der Waals surface area contributed by atoms with Gasteiger partial charge in [-0.3, -0.25) is 5.41 Å². The third kappa shape index (κ3) is 4.52. The number of amidine groups is 1. The molecule has 7 heteroatoms. The van der Waals surface area contributed by atoms with E-state index in [9.17, 15) is 15.2 Å². The van der Waals surface area contributed by atoms with Gasteiger partial charge in [0, 0.05) is 13.1 Å². The molecule has 0 bridgehead atoms. The summed E-state index contributed by atoms with van der Waals surface area (Å²) in [4.78, 5) is 13.7. The van der Waals surface area contributed by atoms with Gasteiger partial charge in [-0.25, -0.2) is 4.79 Å². The number of hydrogen-bond acceptors (Lipinski definition) is 6. The lowest BCUT2D eigenvalue weighted by Crippen LogP contribution is -2.28. The highest BCUT2D eigenvalue weighted by Gasteiger charge is 2.22. The van der Waals surface area contributed by atoms with Crippen molar-refractivity contribution in [3.63, 3.8) is 0 Å². The largest absolute Gasteiger partial charge is 0.480 e. The van der Waals surface area contributed by atoms with Gasteiger partial charge in [0.05, 0.1) is 18.8 Å². The molecular formula is C15H21N3O4. The van der Waals surface area contributed by atoms with Crippen LogP contribution in [0.15, 0.2) is 23.2 Å². The van der Waals surface area contributed by atoms with Crippen LogP contribution in [-0.4, -0.2) is 48.1 Å². The SMILES string of the molecule is CCOC(=O)C(/C=C(\C#N)C(=N)N1CCCC1)=C(/O)OCC. The van der Waals surface area contributed by atoms with Crippen molar-refractivity contribution in [1.82, 2.24) is 4.90 Å². The molecule has 0 radical (unpaired) electrons. The zero-order valence-electron chi connectivity index (χ0n) is 12.9. The normalized spacial score (nSPS) is 15.9. The van der Waals surface area contributed by atoms with Crippen LogP contribution < -0.4 is 0 Å². The molecule has 1 rings (SSSR count). The van der Waals surface area contributed by atoms with Crippen molar-refractivity contribution in [3.05, 3.63) is 23.2 Å². The Morgan fingerprint density at radius 2 is 1.91 bits per heavy atom. The molecule has 1 aliphatic heterocycles. The molecule has 0 aromatic rings. The second-order valence-corrected chi connectivity index (χ2v) is 4.58. The number of nitrogens with one attached hydrogen (secondary N) is 1. The Labute approximate surface area is 129 Å². The minimum atomic E-state index is -0.796. The molecule has 0 unspecified atom stereocenters. The number of aliphatic hydroxyl groups is 1. The number of esters is 1. The van der Waals surface area contributed by atoms with Gasteiger partial charge < -0.3 is 19.5 Å². The highest BCUT2D eigenvalue weighted by molar-refractivity contribution is 6.02. The highest BCUT2D eigenvalue weighted by Crippen LogP contribution is 2.16. The smallest absolute Gasteiger partial charge is 0.345 e. The van der Waals surface area contributed by atoms with Crippen LogP contribution in [0.5, 0.6) is 0 Å². The maximum Gasteiger partial charge on any atom is 0.345 e. The average Bonchev–Trinajstić information content (AvgIpc) is 3.02. The molecule has 1 heterocycles. The van der Waals surface area contributed by atoms with Gasteiger partial charge in [-0.1, -0.05) is 0 Å². The quantitative estimate of drug-likeness (QED) is 0.148. The molecule has 22 heavy (non-hydrogen) atoms. The fourth-order valence-electron chi connectivity index (χ4n) is 2.04. The van der Waals surface area contributed by atoms with E-state index in [0.717, 1.165) is 18.9 Å². The van der Waals surface area contributed by atoms with Gasteiger partial charge in [-0.05, 0) is 32.8 Å². The molecule has 0 atom stereocenters. The molecule has 0 spiro atoms. The molecular weight excluding hydrogens is 286 g/mol. The minimum Gasteiger partial charge on any atom is -0.480 e. The van der Waals surface area contributed by atoms with Crippen molar-refractivity contribution in [3.8, 4) is 6.07 Å². The zero-order chi connectivity index (χ0) is 16.5. The summed E-state index contributed by atoms with van der Waals surface area (Å²) >= 11 is 0. The second kappa shape index (κ2) is 8.72. The summed E-state index contributed by atoms with van der Waals surface area (Å²) in [5.41, 5.74) is -0.277. The number of ether oxygens (including phenoxy) is 2. The van der Waals surface area contributed by atoms with Crippen LogP contribution in [0.2, 0.25) is 0 Å². The first-order valence-corrected chi connectivity index (χ1v) is 7.23. The fraction of sp³-hybridized carbons (Fsp3) is 0.533. The van der Waals surface area contributed by atoms with Crippen molar-refractivity contribution >= 4 is 11.8 Å². The summed E-state index contributed by atoms with van der Waals surface area (Å²) in [6.45, 7) is 4.98. The van der Waals surface area contributed by atoms with E-state index in [1.165, 1.54) is 0 Å². The van der Waals surface area contributed by atoms with E-state index >= 15 is 0 Å². The summed E-state index contributed by atoms with van der Waals surface area (Å²) in [6, 6.07) is 1.89. The number of nitriles is 1. The molecule has 7 nitrogen and oxygen atoms in total. The number of aliphatic hydroxyl groups excluding tert-OH is 1. The van der Waals surface area contributed by atoms with Crippen molar-refractivity contribution in [2.45, 2.75) is 26.7 Å². The maximum atomic E-state index is 11.9. The number of nitrogens with zero attached hydrogens (tertiary/aromatic N) is 2. The van der Waals surface area contributed by atoms with Gasteiger partial charge in [0.15, 0.2) is 0 Å². The Morgan fingerprint density at radius 3 is 2.41 bits per heavy atom. The van der Waals surface area contributed by atoms with Gasteiger partial charge in [0.2, 0.25) is 0 Å². The Bertz CT molecular complexity index is 525. The number of rotatable bonds is 6. The van der Waals surface area contributed by atoms with Crippen LogP contribution >= 0.6 is 0 Å². The maximum absolute atomic E-state index is 11.9. The Balaban J connectivity index is 3.11. The van der Waals surface area contributed by atoms with E-state index in [0.29, 0.717) is 13.1 Å². The molecule has 0 saturated carbocycles. The third-order valence-electron chi connectivity index (χ3n) is 3.09. The number of carbonyl (C=O) groups excluding carboxylic acids is 1. The fourth-order valence-corrected chi connectivity index (χ4v) is 2.04. The van der Waals surface area contributed by atoms with Crippen molar-refractivity contribution in [2.75, 3.05) is 26.3 Å². The third-order valence-corrected chi connectivity index (χ3v) is 3.09. The summed E-state index contributed by atoms with van der Waals surface area (Å²) < 4.78 is 9.77. The number of hydrogen-bond donors (Lipinski definition) is 2. The van der Waals surface area contributed by atoms with E-state index in [-0.39, 0.29) is 30.2 Å². The van der Waals surface area contributed by atoms with Crippen LogP contribution in [0.25, 0.3) is 0 Å². The lowest BCUT2D eigenvalue weighted by Gasteiger charge is -2.17. The van der Waals surface area contributed by atoms with Crippen molar-refractivity contribution in [2.24, 2.45) is 0 Å². The second-order valence-electron chi connectivity index (χ2n) is 4.58. The Hall–Kier alpha value is -2.49. The highest BCUT2D eigenvalue weighted by atomic mass is 16.6. The topological polar surface area (TPSA) is 107 Å². The van der Waals surface area contributed by atoms with E-state index in [1.54, 1.807) is 18.7 Å². The molecule has 0 aliphatic carbocycles. The molecule has 0 aromatic carbocycles. The first-order valence-electron chi connectivity index (χ1n) is 7.23. The molecule has 0 aromatic heterocycles. The van der Waals surface area contributed by atoms with Crippen LogP contribution in [0.4, 0.5) is 0 Å². The van der Waals surface area contributed by atoms with E-state index < -0.39 is 11.9 Å². The first kappa shape index (κ1) is 17.6. The zero-order valence-corrected chi connectivity index (χ0v) is 12.9. The standard InChI is InChI=1S/C15H21N3O4/c1-3-21-14(19)12(15(20)22-4-2)9-11(10-16)13(17)18-7-5-6-8-18/h9,17,19H,3-8H2,1-2H3/b11-9+,14-12-,17-13?. The molecule has 120 valence electrons. The van der Waals surface area contributed by atoms with Gasteiger partial charge in [-0.15, -0.1) is 0 Å². The number of likely N-dealkylation sites (tertiary alicyclic amines) is 1. The summed E-state index contributed by atoms with van der Waals surface area (Å²) in [7, 11) is 0. The van der Waals surface area contributed by atoms with Crippen LogP contribution in [0.3, 0.4) is 0 Å². The predicted molar refractivity (Wildman–Crippen MR) is 80.1 cm³/mol. The van der Waals surface area contributed by atoms with E-state index in [1.807, 2.05) is 6.07 Å². The Kier molecular flexibility index (Phi) is 6.96. The first-order chi connectivity index (χ1) is 10.5.